The van der Waals surface area contributed by atoms with Crippen molar-refractivity contribution in [2.75, 3.05) is 7.11 Å². The number of rotatable bonds is 8. The number of ether oxygens (including phenoxy) is 1. The lowest BCUT2D eigenvalue weighted by molar-refractivity contribution is -0.140. The monoisotopic (exact) mass is 277 g/mol. The molecule has 0 aliphatic carbocycles. The van der Waals surface area contributed by atoms with Gasteiger partial charge in [0.15, 0.2) is 0 Å². The smallest absolute Gasteiger partial charge is 0.305 e. The van der Waals surface area contributed by atoms with E-state index < -0.39 is 0 Å². The highest BCUT2D eigenvalue weighted by molar-refractivity contribution is 5.68. The molecule has 0 aliphatic rings. The van der Waals surface area contributed by atoms with Crippen LogP contribution in [-0.2, 0) is 16.0 Å². The number of nitrogens with two attached hydrogens (primary N) is 1. The molecule has 0 saturated heterocycles. The van der Waals surface area contributed by atoms with Crippen molar-refractivity contribution < 1.29 is 9.53 Å². The predicted molar refractivity (Wildman–Crippen MR) is 82.4 cm³/mol. The number of esters is 1. The third kappa shape index (κ3) is 6.20. The Morgan fingerprint density at radius 3 is 2.40 bits per heavy atom. The third-order valence-electron chi connectivity index (χ3n) is 3.43. The zero-order valence-electron chi connectivity index (χ0n) is 12.9. The first kappa shape index (κ1) is 16.7. The second-order valence-electron chi connectivity index (χ2n) is 5.77. The van der Waals surface area contributed by atoms with Gasteiger partial charge in [0.2, 0.25) is 0 Å². The summed E-state index contributed by atoms with van der Waals surface area (Å²) in [5, 5.41) is 0. The van der Waals surface area contributed by atoms with Crippen LogP contribution < -0.4 is 5.73 Å². The molecule has 1 atom stereocenters. The fourth-order valence-corrected chi connectivity index (χ4v) is 2.27. The minimum atomic E-state index is -0.142. The number of unbranched alkanes of at least 4 members (excludes halogenated alkanes) is 1. The summed E-state index contributed by atoms with van der Waals surface area (Å²) in [6.07, 6.45) is 4.28. The number of carbonyl (C=O) groups excluding carboxylic acids is 1. The van der Waals surface area contributed by atoms with E-state index in [1.165, 1.54) is 18.2 Å². The van der Waals surface area contributed by atoms with Crippen LogP contribution in [0, 0.1) is 5.92 Å². The van der Waals surface area contributed by atoms with Gasteiger partial charge in [-0.2, -0.15) is 0 Å². The van der Waals surface area contributed by atoms with E-state index in [1.807, 2.05) is 0 Å². The van der Waals surface area contributed by atoms with Crippen molar-refractivity contribution in [2.45, 2.75) is 52.0 Å². The van der Waals surface area contributed by atoms with Crippen molar-refractivity contribution in [1.82, 2.24) is 0 Å². The molecule has 1 aromatic rings. The first-order chi connectivity index (χ1) is 9.52. The lowest BCUT2D eigenvalue weighted by atomic mass is 9.97. The van der Waals surface area contributed by atoms with Gasteiger partial charge in [-0.1, -0.05) is 44.5 Å². The van der Waals surface area contributed by atoms with Gasteiger partial charge < -0.3 is 10.5 Å². The molecule has 0 spiro atoms. The first-order valence-corrected chi connectivity index (χ1v) is 7.44. The molecular formula is C17H27NO2. The SMILES string of the molecule is COC(=O)CCCCC(N)c1ccc(CC(C)C)cc1. The lowest BCUT2D eigenvalue weighted by Crippen LogP contribution is -2.10. The fraction of sp³-hybridized carbons (Fsp3) is 0.588. The van der Waals surface area contributed by atoms with Crippen LogP contribution in [0.1, 0.15) is 56.7 Å². The van der Waals surface area contributed by atoms with E-state index in [2.05, 4.69) is 42.8 Å². The van der Waals surface area contributed by atoms with Crippen LogP contribution in [0.15, 0.2) is 24.3 Å². The summed E-state index contributed by atoms with van der Waals surface area (Å²) in [7, 11) is 1.42. The molecule has 1 aromatic carbocycles. The summed E-state index contributed by atoms with van der Waals surface area (Å²) in [6.45, 7) is 4.45. The molecule has 0 aromatic heterocycles. The maximum Gasteiger partial charge on any atom is 0.305 e. The number of hydrogen-bond acceptors (Lipinski definition) is 3. The standard InChI is InChI=1S/C17H27NO2/c1-13(2)12-14-8-10-15(11-9-14)16(18)6-4-5-7-17(19)20-3/h8-11,13,16H,4-7,12,18H2,1-3H3. The van der Waals surface area contributed by atoms with Crippen LogP contribution in [-0.4, -0.2) is 13.1 Å². The Balaban J connectivity index is 2.35. The van der Waals surface area contributed by atoms with Gasteiger partial charge in [0.25, 0.3) is 0 Å². The largest absolute Gasteiger partial charge is 0.469 e. The van der Waals surface area contributed by atoms with Crippen molar-refractivity contribution in [1.29, 1.82) is 0 Å². The van der Waals surface area contributed by atoms with Crippen LogP contribution in [0.3, 0.4) is 0 Å². The molecule has 1 unspecified atom stereocenters. The quantitative estimate of drug-likeness (QED) is 0.583. The van der Waals surface area contributed by atoms with E-state index in [0.717, 1.165) is 25.7 Å². The average Bonchev–Trinajstić information content (AvgIpc) is 2.43. The molecule has 2 N–H and O–H groups in total. The number of methoxy groups -OCH3 is 1. The Morgan fingerprint density at radius 2 is 1.85 bits per heavy atom. The molecule has 112 valence electrons. The fourth-order valence-electron chi connectivity index (χ4n) is 2.27. The Labute approximate surface area is 122 Å². The minimum absolute atomic E-state index is 0.0562. The van der Waals surface area contributed by atoms with Crippen LogP contribution in [0.25, 0.3) is 0 Å². The van der Waals surface area contributed by atoms with E-state index in [4.69, 9.17) is 5.73 Å². The third-order valence-corrected chi connectivity index (χ3v) is 3.43. The van der Waals surface area contributed by atoms with Gasteiger partial charge in [-0.15, -0.1) is 0 Å². The van der Waals surface area contributed by atoms with Crippen LogP contribution in [0.2, 0.25) is 0 Å². The molecule has 3 nitrogen and oxygen atoms in total. The topological polar surface area (TPSA) is 52.3 Å². The second-order valence-corrected chi connectivity index (χ2v) is 5.77. The van der Waals surface area contributed by atoms with Crippen molar-refractivity contribution >= 4 is 5.97 Å². The van der Waals surface area contributed by atoms with E-state index in [-0.39, 0.29) is 12.0 Å². The molecule has 0 fully saturated rings. The molecule has 0 radical (unpaired) electrons. The van der Waals surface area contributed by atoms with Gasteiger partial charge in [-0.3, -0.25) is 4.79 Å². The number of carbonyl (C=O) groups is 1. The van der Waals surface area contributed by atoms with E-state index in [9.17, 15) is 4.79 Å². The van der Waals surface area contributed by atoms with Gasteiger partial charge in [0.1, 0.15) is 0 Å². The van der Waals surface area contributed by atoms with Crippen molar-refractivity contribution in [3.05, 3.63) is 35.4 Å². The number of benzene rings is 1. The van der Waals surface area contributed by atoms with Gasteiger partial charge in [-0.05, 0) is 36.3 Å². The molecule has 0 bridgehead atoms. The molecule has 3 heteroatoms. The highest BCUT2D eigenvalue weighted by atomic mass is 16.5. The highest BCUT2D eigenvalue weighted by Crippen LogP contribution is 2.19. The lowest BCUT2D eigenvalue weighted by Gasteiger charge is -2.13. The molecule has 20 heavy (non-hydrogen) atoms. The predicted octanol–water partition coefficient (Wildman–Crippen LogP) is 3.62. The minimum Gasteiger partial charge on any atom is -0.469 e. The summed E-state index contributed by atoms with van der Waals surface area (Å²) in [5.74, 6) is 0.532. The normalized spacial score (nSPS) is 12.4. The van der Waals surface area contributed by atoms with E-state index in [1.54, 1.807) is 0 Å². The van der Waals surface area contributed by atoms with Crippen LogP contribution in [0.4, 0.5) is 0 Å². The van der Waals surface area contributed by atoms with Gasteiger partial charge in [0.05, 0.1) is 7.11 Å². The molecule has 0 aliphatic heterocycles. The highest BCUT2D eigenvalue weighted by Gasteiger charge is 2.07. The van der Waals surface area contributed by atoms with Gasteiger partial charge in [-0.25, -0.2) is 0 Å². The van der Waals surface area contributed by atoms with E-state index in [0.29, 0.717) is 12.3 Å². The zero-order chi connectivity index (χ0) is 15.0. The second kappa shape index (κ2) is 8.75. The Bertz CT molecular complexity index is 398. The summed E-state index contributed by atoms with van der Waals surface area (Å²) in [6, 6.07) is 8.65. The summed E-state index contributed by atoms with van der Waals surface area (Å²) in [5.41, 5.74) is 8.72. The molecule has 0 heterocycles. The van der Waals surface area contributed by atoms with Crippen LogP contribution >= 0.6 is 0 Å². The van der Waals surface area contributed by atoms with Crippen molar-refractivity contribution in [3.63, 3.8) is 0 Å². The molecule has 0 amide bonds. The molecule has 0 saturated carbocycles. The maximum absolute atomic E-state index is 11.0. The summed E-state index contributed by atoms with van der Waals surface area (Å²) >= 11 is 0. The zero-order valence-corrected chi connectivity index (χ0v) is 12.9. The molecule has 1 rings (SSSR count). The van der Waals surface area contributed by atoms with Crippen molar-refractivity contribution in [3.8, 4) is 0 Å². The van der Waals surface area contributed by atoms with Crippen molar-refractivity contribution in [2.24, 2.45) is 11.7 Å². The Hall–Kier alpha value is -1.35. The molecular weight excluding hydrogens is 250 g/mol. The van der Waals surface area contributed by atoms with Crippen LogP contribution in [0.5, 0.6) is 0 Å². The average molecular weight is 277 g/mol. The van der Waals surface area contributed by atoms with Gasteiger partial charge in [0, 0.05) is 12.5 Å². The number of hydrogen-bond donors (Lipinski definition) is 1. The Kier molecular flexibility index (Phi) is 7.31. The Morgan fingerprint density at radius 1 is 1.20 bits per heavy atom. The first-order valence-electron chi connectivity index (χ1n) is 7.44. The van der Waals surface area contributed by atoms with E-state index >= 15 is 0 Å². The summed E-state index contributed by atoms with van der Waals surface area (Å²) in [4.78, 5) is 11.0. The van der Waals surface area contributed by atoms with Gasteiger partial charge >= 0.3 is 5.97 Å². The summed E-state index contributed by atoms with van der Waals surface area (Å²) < 4.78 is 4.62. The maximum atomic E-state index is 11.0.